The van der Waals surface area contributed by atoms with E-state index in [4.69, 9.17) is 9.47 Å². The summed E-state index contributed by atoms with van der Waals surface area (Å²) < 4.78 is 11.0. The highest BCUT2D eigenvalue weighted by molar-refractivity contribution is 9.10. The molecule has 0 saturated heterocycles. The molecule has 3 rings (SSSR count). The van der Waals surface area contributed by atoms with E-state index < -0.39 is 5.97 Å². The van der Waals surface area contributed by atoms with Crippen molar-refractivity contribution in [2.75, 3.05) is 19.5 Å². The fraction of sp³-hybridized carbons (Fsp3) is 0.143. The van der Waals surface area contributed by atoms with Crippen molar-refractivity contribution in [3.8, 4) is 16.9 Å². The number of esters is 1. The van der Waals surface area contributed by atoms with Crippen molar-refractivity contribution in [2.24, 2.45) is 0 Å². The van der Waals surface area contributed by atoms with E-state index in [0.29, 0.717) is 10.6 Å². The van der Waals surface area contributed by atoms with Gasteiger partial charge in [-0.05, 0) is 35.4 Å². The van der Waals surface area contributed by atoms with Crippen molar-refractivity contribution in [1.29, 1.82) is 0 Å². The van der Waals surface area contributed by atoms with Crippen LogP contribution in [0.2, 0.25) is 0 Å². The van der Waals surface area contributed by atoms with Crippen LogP contribution < -0.4 is 10.1 Å². The second-order valence-electron chi connectivity index (χ2n) is 5.93. The minimum atomic E-state index is -0.487. The number of hydrogen-bond acceptors (Lipinski definition) is 5. The van der Waals surface area contributed by atoms with Gasteiger partial charge >= 0.3 is 5.97 Å². The molecule has 0 radical (unpaired) electrons. The summed E-state index contributed by atoms with van der Waals surface area (Å²) in [6.45, 7) is 0. The maximum absolute atomic E-state index is 12.5. The number of hydrogen-bond donors (Lipinski definition) is 1. The quantitative estimate of drug-likeness (QED) is 0.517. The van der Waals surface area contributed by atoms with Crippen LogP contribution in [0.3, 0.4) is 0 Å². The topological polar surface area (TPSA) is 64.6 Å². The molecule has 5 nitrogen and oxygen atoms in total. The highest BCUT2D eigenvalue weighted by atomic mass is 79.9. The van der Waals surface area contributed by atoms with E-state index in [1.807, 2.05) is 41.8 Å². The number of nitrogens with one attached hydrogen (secondary N) is 1. The summed E-state index contributed by atoms with van der Waals surface area (Å²) in [6, 6.07) is 14.9. The molecule has 0 aliphatic carbocycles. The SMILES string of the molecule is COC(=O)c1c(-c2ccc(Br)cc2)csc1NC(=O)Cc1ccc(OC)cc1. The van der Waals surface area contributed by atoms with Crippen LogP contribution in [-0.2, 0) is 16.0 Å². The Kier molecular flexibility index (Phi) is 6.49. The van der Waals surface area contributed by atoms with Crippen LogP contribution in [0.5, 0.6) is 5.75 Å². The van der Waals surface area contributed by atoms with E-state index in [1.165, 1.54) is 18.4 Å². The van der Waals surface area contributed by atoms with E-state index in [2.05, 4.69) is 21.2 Å². The van der Waals surface area contributed by atoms with Gasteiger partial charge in [-0.15, -0.1) is 11.3 Å². The van der Waals surface area contributed by atoms with Crippen LogP contribution >= 0.6 is 27.3 Å². The Morgan fingerprint density at radius 3 is 2.32 bits per heavy atom. The molecule has 1 amide bonds. The Bertz CT molecular complexity index is 981. The second kappa shape index (κ2) is 9.03. The Morgan fingerprint density at radius 1 is 1.04 bits per heavy atom. The van der Waals surface area contributed by atoms with Gasteiger partial charge in [0.15, 0.2) is 0 Å². The number of methoxy groups -OCH3 is 2. The van der Waals surface area contributed by atoms with Crippen molar-refractivity contribution in [1.82, 2.24) is 0 Å². The van der Waals surface area contributed by atoms with Gasteiger partial charge in [-0.3, -0.25) is 4.79 Å². The highest BCUT2D eigenvalue weighted by Crippen LogP contribution is 2.36. The fourth-order valence-electron chi connectivity index (χ4n) is 2.70. The third-order valence-electron chi connectivity index (χ3n) is 4.11. The first-order chi connectivity index (χ1) is 13.5. The molecule has 0 bridgehead atoms. The predicted molar refractivity (Wildman–Crippen MR) is 114 cm³/mol. The number of carbonyl (C=O) groups is 2. The van der Waals surface area contributed by atoms with Gasteiger partial charge in [-0.25, -0.2) is 4.79 Å². The number of thiophene rings is 1. The number of ether oxygens (including phenoxy) is 2. The Balaban J connectivity index is 1.83. The zero-order chi connectivity index (χ0) is 20.1. The Morgan fingerprint density at radius 2 is 1.71 bits per heavy atom. The smallest absolute Gasteiger partial charge is 0.341 e. The molecule has 144 valence electrons. The standard InChI is InChI=1S/C21H18BrNO4S/c1-26-16-9-3-13(4-10-16)11-18(24)23-20-19(21(25)27-2)17(12-28-20)14-5-7-15(22)8-6-14/h3-10,12H,11H2,1-2H3,(H,23,24). The Hall–Kier alpha value is -2.64. The number of carbonyl (C=O) groups excluding carboxylic acids is 2. The summed E-state index contributed by atoms with van der Waals surface area (Å²) >= 11 is 4.70. The zero-order valence-corrected chi connectivity index (χ0v) is 17.7. The first-order valence-corrected chi connectivity index (χ1v) is 10.1. The lowest BCUT2D eigenvalue weighted by Crippen LogP contribution is -2.16. The third-order valence-corrected chi connectivity index (χ3v) is 5.54. The van der Waals surface area contributed by atoms with Gasteiger partial charge in [0, 0.05) is 15.4 Å². The largest absolute Gasteiger partial charge is 0.497 e. The van der Waals surface area contributed by atoms with Crippen molar-refractivity contribution >= 4 is 44.1 Å². The highest BCUT2D eigenvalue weighted by Gasteiger charge is 2.22. The van der Waals surface area contributed by atoms with Crippen LogP contribution in [0.25, 0.3) is 11.1 Å². The molecule has 1 heterocycles. The lowest BCUT2D eigenvalue weighted by atomic mass is 10.0. The van der Waals surface area contributed by atoms with E-state index >= 15 is 0 Å². The second-order valence-corrected chi connectivity index (χ2v) is 7.72. The number of anilines is 1. The molecule has 2 aromatic carbocycles. The monoisotopic (exact) mass is 459 g/mol. The van der Waals surface area contributed by atoms with Gasteiger partial charge < -0.3 is 14.8 Å². The first kappa shape index (κ1) is 20.1. The molecule has 0 unspecified atom stereocenters. The average Bonchev–Trinajstić information content (AvgIpc) is 3.11. The molecule has 0 aliphatic heterocycles. The minimum Gasteiger partial charge on any atom is -0.497 e. The van der Waals surface area contributed by atoms with Gasteiger partial charge in [0.05, 0.1) is 20.6 Å². The molecule has 0 atom stereocenters. The Labute approximate surface area is 175 Å². The van der Waals surface area contributed by atoms with Crippen LogP contribution in [0.4, 0.5) is 5.00 Å². The molecular formula is C21H18BrNO4S. The van der Waals surface area contributed by atoms with Crippen LogP contribution in [0, 0.1) is 0 Å². The van der Waals surface area contributed by atoms with Crippen molar-refractivity contribution < 1.29 is 19.1 Å². The normalized spacial score (nSPS) is 10.4. The summed E-state index contributed by atoms with van der Waals surface area (Å²) in [4.78, 5) is 24.9. The molecule has 0 spiro atoms. The molecule has 0 fully saturated rings. The summed E-state index contributed by atoms with van der Waals surface area (Å²) in [6.07, 6.45) is 0.191. The van der Waals surface area contributed by atoms with Crippen molar-refractivity contribution in [3.05, 3.63) is 69.5 Å². The van der Waals surface area contributed by atoms with E-state index in [1.54, 1.807) is 19.2 Å². The van der Waals surface area contributed by atoms with Gasteiger partial charge in [0.2, 0.25) is 5.91 Å². The van der Waals surface area contributed by atoms with Crippen LogP contribution in [-0.4, -0.2) is 26.1 Å². The molecular weight excluding hydrogens is 442 g/mol. The average molecular weight is 460 g/mol. The summed E-state index contributed by atoms with van der Waals surface area (Å²) in [5.74, 6) is 0.0352. The fourth-order valence-corrected chi connectivity index (χ4v) is 3.93. The van der Waals surface area contributed by atoms with Gasteiger partial charge in [0.1, 0.15) is 16.3 Å². The predicted octanol–water partition coefficient (Wildman–Crippen LogP) is 5.15. The summed E-state index contributed by atoms with van der Waals surface area (Å²) in [5.41, 5.74) is 2.81. The number of halogens is 1. The summed E-state index contributed by atoms with van der Waals surface area (Å²) in [5, 5.41) is 5.16. The van der Waals surface area contributed by atoms with Gasteiger partial charge in [-0.1, -0.05) is 40.2 Å². The minimum absolute atomic E-state index is 0.191. The van der Waals surface area contributed by atoms with Crippen molar-refractivity contribution in [3.63, 3.8) is 0 Å². The molecule has 1 N–H and O–H groups in total. The lowest BCUT2D eigenvalue weighted by molar-refractivity contribution is -0.115. The van der Waals surface area contributed by atoms with Gasteiger partial charge in [0.25, 0.3) is 0 Å². The van der Waals surface area contributed by atoms with E-state index in [-0.39, 0.29) is 12.3 Å². The molecule has 0 saturated carbocycles. The zero-order valence-electron chi connectivity index (χ0n) is 15.3. The number of benzene rings is 2. The van der Waals surface area contributed by atoms with E-state index in [0.717, 1.165) is 26.9 Å². The number of rotatable bonds is 6. The van der Waals surface area contributed by atoms with Crippen LogP contribution in [0.15, 0.2) is 58.4 Å². The molecule has 1 aromatic heterocycles. The molecule has 0 aliphatic rings. The maximum Gasteiger partial charge on any atom is 0.341 e. The maximum atomic E-state index is 12.5. The first-order valence-electron chi connectivity index (χ1n) is 8.40. The molecule has 7 heteroatoms. The van der Waals surface area contributed by atoms with Crippen molar-refractivity contribution in [2.45, 2.75) is 6.42 Å². The van der Waals surface area contributed by atoms with Gasteiger partial charge in [-0.2, -0.15) is 0 Å². The van der Waals surface area contributed by atoms with E-state index in [9.17, 15) is 9.59 Å². The van der Waals surface area contributed by atoms with Crippen LogP contribution in [0.1, 0.15) is 15.9 Å². The number of amides is 1. The molecule has 3 aromatic rings. The third kappa shape index (κ3) is 4.61. The summed E-state index contributed by atoms with van der Waals surface area (Å²) in [7, 11) is 2.92. The molecule has 28 heavy (non-hydrogen) atoms. The lowest BCUT2D eigenvalue weighted by Gasteiger charge is -2.08.